The minimum Gasteiger partial charge on any atom is -0.483 e. The van der Waals surface area contributed by atoms with Gasteiger partial charge in [-0.3, -0.25) is 0 Å². The van der Waals surface area contributed by atoms with E-state index in [1.807, 2.05) is 26.0 Å². The van der Waals surface area contributed by atoms with Gasteiger partial charge in [-0.2, -0.15) is 0 Å². The molecule has 2 rings (SSSR count). The normalized spacial score (nSPS) is 16.8. The van der Waals surface area contributed by atoms with E-state index in [0.29, 0.717) is 6.61 Å². The molecule has 90 valence electrons. The Balaban J connectivity index is 2.43. The van der Waals surface area contributed by atoms with E-state index < -0.39 is 0 Å². The highest BCUT2D eigenvalue weighted by Crippen LogP contribution is 2.36. The Labute approximate surface area is 103 Å². The van der Waals surface area contributed by atoms with Crippen molar-refractivity contribution in [3.63, 3.8) is 0 Å². The van der Waals surface area contributed by atoms with Crippen LogP contribution in [-0.2, 0) is 11.3 Å². The number of rotatable bonds is 3. The van der Waals surface area contributed by atoms with Crippen LogP contribution >= 0.6 is 0 Å². The molecule has 0 spiro atoms. The molecule has 1 aromatic carbocycles. The van der Waals surface area contributed by atoms with Crippen LogP contribution in [0.4, 0.5) is 0 Å². The molecule has 2 nitrogen and oxygen atoms in total. The van der Waals surface area contributed by atoms with Crippen molar-refractivity contribution in [1.29, 1.82) is 0 Å². The zero-order chi connectivity index (χ0) is 12.5. The maximum absolute atomic E-state index is 6.01. The molecule has 0 bridgehead atoms. The predicted molar refractivity (Wildman–Crippen MR) is 70.0 cm³/mol. The highest BCUT2D eigenvalue weighted by Gasteiger charge is 2.28. The summed E-state index contributed by atoms with van der Waals surface area (Å²) < 4.78 is 11.1. The minimum atomic E-state index is -0.319. The number of hydrogen-bond donors (Lipinski definition) is 0. The van der Waals surface area contributed by atoms with Gasteiger partial charge >= 0.3 is 0 Å². The van der Waals surface area contributed by atoms with Crippen molar-refractivity contribution in [1.82, 2.24) is 0 Å². The van der Waals surface area contributed by atoms with Gasteiger partial charge in [0.05, 0.1) is 6.61 Å². The molecule has 0 saturated heterocycles. The summed E-state index contributed by atoms with van der Waals surface area (Å²) in [6.07, 6.45) is 3.98. The van der Waals surface area contributed by atoms with Gasteiger partial charge in [0.1, 0.15) is 11.4 Å². The first kappa shape index (κ1) is 11.9. The molecule has 1 aliphatic heterocycles. The van der Waals surface area contributed by atoms with Crippen LogP contribution in [-0.4, -0.2) is 12.7 Å². The minimum absolute atomic E-state index is 0.319. The van der Waals surface area contributed by atoms with E-state index in [-0.39, 0.29) is 5.60 Å². The summed E-state index contributed by atoms with van der Waals surface area (Å²) in [6, 6.07) is 6.15. The fraction of sp³-hybridized carbons (Fsp3) is 0.333. The maximum atomic E-state index is 6.01. The van der Waals surface area contributed by atoms with Crippen molar-refractivity contribution < 1.29 is 9.47 Å². The average Bonchev–Trinajstić information content (AvgIpc) is 2.27. The molecule has 0 aromatic heterocycles. The summed E-state index contributed by atoms with van der Waals surface area (Å²) in [5.74, 6) is 0.912. The van der Waals surface area contributed by atoms with Crippen molar-refractivity contribution >= 4 is 6.08 Å². The van der Waals surface area contributed by atoms with Crippen LogP contribution in [0.15, 0.2) is 36.4 Å². The first-order valence-electron chi connectivity index (χ1n) is 5.72. The fourth-order valence-corrected chi connectivity index (χ4v) is 2.02. The topological polar surface area (TPSA) is 18.5 Å². The van der Waals surface area contributed by atoms with E-state index >= 15 is 0 Å². The van der Waals surface area contributed by atoms with E-state index in [4.69, 9.17) is 9.47 Å². The number of ether oxygens (including phenoxy) is 2. The van der Waals surface area contributed by atoms with Gasteiger partial charge in [-0.05, 0) is 37.1 Å². The first-order valence-corrected chi connectivity index (χ1v) is 5.72. The molecule has 0 radical (unpaired) electrons. The van der Waals surface area contributed by atoms with Gasteiger partial charge < -0.3 is 9.47 Å². The van der Waals surface area contributed by atoms with Gasteiger partial charge in [0.25, 0.3) is 0 Å². The third kappa shape index (κ3) is 2.27. The monoisotopic (exact) mass is 230 g/mol. The molecule has 1 aromatic rings. The van der Waals surface area contributed by atoms with Gasteiger partial charge in [-0.15, -0.1) is 0 Å². The van der Waals surface area contributed by atoms with Crippen molar-refractivity contribution in [2.75, 3.05) is 7.11 Å². The van der Waals surface area contributed by atoms with Crippen molar-refractivity contribution in [2.24, 2.45) is 0 Å². The smallest absolute Gasteiger partial charge is 0.128 e. The fourth-order valence-electron chi connectivity index (χ4n) is 2.02. The Bertz CT molecular complexity index is 470. The second-order valence-corrected chi connectivity index (χ2v) is 4.72. The lowest BCUT2D eigenvalue weighted by Gasteiger charge is -2.32. The highest BCUT2D eigenvalue weighted by molar-refractivity contribution is 5.66. The summed E-state index contributed by atoms with van der Waals surface area (Å²) >= 11 is 0. The third-order valence-electron chi connectivity index (χ3n) is 2.98. The molecule has 17 heavy (non-hydrogen) atoms. The second kappa shape index (κ2) is 4.38. The lowest BCUT2D eigenvalue weighted by atomic mass is 9.92. The molecule has 1 heterocycles. The van der Waals surface area contributed by atoms with Crippen molar-refractivity contribution in [2.45, 2.75) is 26.1 Å². The molecule has 2 heteroatoms. The zero-order valence-corrected chi connectivity index (χ0v) is 10.6. The number of methoxy groups -OCH3 is 1. The van der Waals surface area contributed by atoms with Crippen LogP contribution in [0.1, 0.15) is 25.0 Å². The molecule has 0 saturated carbocycles. The van der Waals surface area contributed by atoms with Gasteiger partial charge in [-0.1, -0.05) is 24.8 Å². The summed E-state index contributed by atoms with van der Waals surface area (Å²) in [6.45, 7) is 8.53. The molecule has 0 aliphatic carbocycles. The molecule has 0 N–H and O–H groups in total. The summed E-state index contributed by atoms with van der Waals surface area (Å²) in [5.41, 5.74) is 3.00. The van der Waals surface area contributed by atoms with Gasteiger partial charge in [-0.25, -0.2) is 0 Å². The van der Waals surface area contributed by atoms with Crippen LogP contribution < -0.4 is 4.74 Å². The molecular weight excluding hydrogens is 212 g/mol. The van der Waals surface area contributed by atoms with E-state index in [2.05, 4.69) is 24.8 Å². The quantitative estimate of drug-likeness (QED) is 0.790. The number of benzene rings is 1. The van der Waals surface area contributed by atoms with Gasteiger partial charge in [0.15, 0.2) is 0 Å². The van der Waals surface area contributed by atoms with Crippen LogP contribution in [0.2, 0.25) is 0 Å². The first-order chi connectivity index (χ1) is 8.06. The van der Waals surface area contributed by atoms with E-state index in [0.717, 1.165) is 22.4 Å². The van der Waals surface area contributed by atoms with E-state index in [1.54, 1.807) is 7.11 Å². The molecule has 0 amide bonds. The Morgan fingerprint density at radius 3 is 2.82 bits per heavy atom. The van der Waals surface area contributed by atoms with Crippen LogP contribution in [0.5, 0.6) is 5.75 Å². The zero-order valence-electron chi connectivity index (χ0n) is 10.6. The Morgan fingerprint density at radius 1 is 1.41 bits per heavy atom. The lowest BCUT2D eigenvalue weighted by Crippen LogP contribution is -2.32. The van der Waals surface area contributed by atoms with Crippen molar-refractivity contribution in [3.8, 4) is 5.75 Å². The molecule has 1 aliphatic rings. The summed E-state index contributed by atoms with van der Waals surface area (Å²) in [5, 5.41) is 0. The Kier molecular flexibility index (Phi) is 3.07. The predicted octanol–water partition coefficient (Wildman–Crippen LogP) is 3.57. The summed E-state index contributed by atoms with van der Waals surface area (Å²) in [7, 11) is 1.69. The average molecular weight is 230 g/mol. The van der Waals surface area contributed by atoms with E-state index in [1.165, 1.54) is 0 Å². The SMILES string of the molecule is C=CC1=Cc2ccc(COC)cc2OC1(C)C. The third-order valence-corrected chi connectivity index (χ3v) is 2.98. The van der Waals surface area contributed by atoms with Crippen molar-refractivity contribution in [3.05, 3.63) is 47.6 Å². The molecular formula is C15H18O2. The van der Waals surface area contributed by atoms with Crippen LogP contribution in [0.25, 0.3) is 6.08 Å². The van der Waals surface area contributed by atoms with Crippen LogP contribution in [0, 0.1) is 0 Å². The summed E-state index contributed by atoms with van der Waals surface area (Å²) in [4.78, 5) is 0. The van der Waals surface area contributed by atoms with Gasteiger partial charge in [0.2, 0.25) is 0 Å². The van der Waals surface area contributed by atoms with Gasteiger partial charge in [0, 0.05) is 12.7 Å². The highest BCUT2D eigenvalue weighted by atomic mass is 16.5. The molecule has 0 unspecified atom stereocenters. The molecule has 0 atom stereocenters. The maximum Gasteiger partial charge on any atom is 0.128 e. The lowest BCUT2D eigenvalue weighted by molar-refractivity contribution is 0.148. The Hall–Kier alpha value is -1.54. The number of hydrogen-bond acceptors (Lipinski definition) is 2. The standard InChI is InChI=1S/C15H18O2/c1-5-13-9-12-7-6-11(10-16-4)8-14(12)17-15(13,2)3/h5-9H,1,10H2,2-4H3. The molecule has 0 fully saturated rings. The second-order valence-electron chi connectivity index (χ2n) is 4.72. The number of fused-ring (bicyclic) bond motifs is 1. The largest absolute Gasteiger partial charge is 0.483 e. The Morgan fingerprint density at radius 2 is 2.18 bits per heavy atom. The van der Waals surface area contributed by atoms with E-state index in [9.17, 15) is 0 Å². The van der Waals surface area contributed by atoms with Crippen LogP contribution in [0.3, 0.4) is 0 Å².